The Balaban J connectivity index is 2.78. The molecule has 16 heavy (non-hydrogen) atoms. The van der Waals surface area contributed by atoms with Crippen LogP contribution in [0.3, 0.4) is 0 Å². The van der Waals surface area contributed by atoms with Gasteiger partial charge in [-0.2, -0.15) is 17.4 Å². The number of hydrogen-bond acceptors (Lipinski definition) is 2. The fourth-order valence-electron chi connectivity index (χ4n) is 2.22. The minimum Gasteiger partial charge on any atom is -0.195 e. The summed E-state index contributed by atoms with van der Waals surface area (Å²) in [6.07, 6.45) is 4.07. The maximum atomic E-state index is 12.1. The first kappa shape index (κ1) is 14.4. The third kappa shape index (κ3) is 3.18. The molecule has 96 valence electrons. The minimum absolute atomic E-state index is 0.262. The molecule has 0 saturated heterocycles. The molecule has 0 heterocycles. The van der Waals surface area contributed by atoms with E-state index < -0.39 is 10.2 Å². The molecule has 0 aliphatic heterocycles. The third-order valence-electron chi connectivity index (χ3n) is 3.21. The van der Waals surface area contributed by atoms with Gasteiger partial charge in [0.2, 0.25) is 0 Å². The molecule has 0 amide bonds. The lowest BCUT2D eigenvalue weighted by Gasteiger charge is -2.30. The number of nitrogens with one attached hydrogen (secondary N) is 1. The fourth-order valence-corrected chi connectivity index (χ4v) is 4.74. The highest BCUT2D eigenvalue weighted by Crippen LogP contribution is 2.32. The molecule has 1 fully saturated rings. The van der Waals surface area contributed by atoms with Gasteiger partial charge in [-0.25, -0.2) is 0 Å². The van der Waals surface area contributed by atoms with Crippen LogP contribution < -0.4 is 4.72 Å². The summed E-state index contributed by atoms with van der Waals surface area (Å²) in [5.74, 6) is 0. The molecule has 0 aromatic carbocycles. The van der Waals surface area contributed by atoms with Gasteiger partial charge in [-0.3, -0.25) is 0 Å². The van der Waals surface area contributed by atoms with Crippen LogP contribution in [0.2, 0.25) is 0 Å². The Hall–Kier alpha value is 0.350. The van der Waals surface area contributed by atoms with Gasteiger partial charge in [-0.15, -0.1) is 0 Å². The Bertz CT molecular complexity index is 309. The highest BCUT2D eigenvalue weighted by atomic mass is 79.9. The van der Waals surface area contributed by atoms with Crippen LogP contribution in [-0.4, -0.2) is 36.7 Å². The van der Waals surface area contributed by atoms with E-state index >= 15 is 0 Å². The van der Waals surface area contributed by atoms with Crippen molar-refractivity contribution < 1.29 is 8.42 Å². The third-order valence-corrected chi connectivity index (χ3v) is 6.17. The lowest BCUT2D eigenvalue weighted by atomic mass is 10.0. The molecular formula is C10H21BrN2O2S. The number of halogens is 1. The fraction of sp³-hybridized carbons (Fsp3) is 1.00. The SMILES string of the molecule is CCN(CC)S(=O)(=O)NC1(CBr)CCCC1. The summed E-state index contributed by atoms with van der Waals surface area (Å²) in [4.78, 5) is 0. The molecular weight excluding hydrogens is 292 g/mol. The first-order chi connectivity index (χ1) is 7.49. The van der Waals surface area contributed by atoms with Crippen molar-refractivity contribution in [1.29, 1.82) is 0 Å². The molecule has 1 saturated carbocycles. The highest BCUT2D eigenvalue weighted by Gasteiger charge is 2.37. The summed E-state index contributed by atoms with van der Waals surface area (Å²) < 4.78 is 28.6. The normalized spacial score (nSPS) is 20.5. The molecule has 0 aromatic heterocycles. The number of rotatable bonds is 6. The Morgan fingerprint density at radius 3 is 2.12 bits per heavy atom. The molecule has 1 aliphatic carbocycles. The number of alkyl halides is 1. The molecule has 4 nitrogen and oxygen atoms in total. The Kier molecular flexibility index (Phi) is 5.22. The second-order valence-corrected chi connectivity index (χ2v) is 6.54. The van der Waals surface area contributed by atoms with E-state index in [4.69, 9.17) is 0 Å². The molecule has 0 radical (unpaired) electrons. The standard InChI is InChI=1S/C10H21BrN2O2S/c1-3-13(4-2)16(14,15)12-10(9-11)7-5-6-8-10/h12H,3-9H2,1-2H3. The molecule has 0 aromatic rings. The molecule has 1 N–H and O–H groups in total. The molecule has 0 atom stereocenters. The zero-order chi connectivity index (χ0) is 12.2. The number of hydrogen-bond donors (Lipinski definition) is 1. The van der Waals surface area contributed by atoms with Gasteiger partial charge in [-0.1, -0.05) is 42.6 Å². The quantitative estimate of drug-likeness (QED) is 0.761. The monoisotopic (exact) mass is 312 g/mol. The van der Waals surface area contributed by atoms with Crippen LogP contribution >= 0.6 is 15.9 Å². The van der Waals surface area contributed by atoms with E-state index in [1.807, 2.05) is 13.8 Å². The van der Waals surface area contributed by atoms with Crippen LogP contribution in [0.5, 0.6) is 0 Å². The van der Waals surface area contributed by atoms with Crippen LogP contribution in [0, 0.1) is 0 Å². The predicted octanol–water partition coefficient (Wildman–Crippen LogP) is 1.87. The summed E-state index contributed by atoms with van der Waals surface area (Å²) in [7, 11) is -3.32. The zero-order valence-corrected chi connectivity index (χ0v) is 12.4. The molecule has 1 aliphatic rings. The second kappa shape index (κ2) is 5.80. The van der Waals surface area contributed by atoms with Crippen LogP contribution in [0.15, 0.2) is 0 Å². The molecule has 0 unspecified atom stereocenters. The number of nitrogens with zero attached hydrogens (tertiary/aromatic N) is 1. The van der Waals surface area contributed by atoms with Crippen LogP contribution in [0.1, 0.15) is 39.5 Å². The van der Waals surface area contributed by atoms with E-state index in [1.54, 1.807) is 0 Å². The average Bonchev–Trinajstić information content (AvgIpc) is 2.67. The van der Waals surface area contributed by atoms with E-state index in [9.17, 15) is 8.42 Å². The first-order valence-electron chi connectivity index (χ1n) is 5.84. The van der Waals surface area contributed by atoms with Crippen molar-refractivity contribution in [3.8, 4) is 0 Å². The highest BCUT2D eigenvalue weighted by molar-refractivity contribution is 9.09. The zero-order valence-electron chi connectivity index (χ0n) is 10.00. The smallest absolute Gasteiger partial charge is 0.195 e. The van der Waals surface area contributed by atoms with Gasteiger partial charge >= 0.3 is 0 Å². The molecule has 0 bridgehead atoms. The van der Waals surface area contributed by atoms with Crippen molar-refractivity contribution in [3.63, 3.8) is 0 Å². The largest absolute Gasteiger partial charge is 0.279 e. The van der Waals surface area contributed by atoms with Gasteiger partial charge in [0.05, 0.1) is 0 Å². The molecule has 1 rings (SSSR count). The summed E-state index contributed by atoms with van der Waals surface area (Å²) >= 11 is 3.43. The lowest BCUT2D eigenvalue weighted by Crippen LogP contribution is -2.53. The van der Waals surface area contributed by atoms with E-state index in [0.717, 1.165) is 25.7 Å². The molecule has 0 spiro atoms. The van der Waals surface area contributed by atoms with Crippen molar-refractivity contribution in [2.45, 2.75) is 45.1 Å². The van der Waals surface area contributed by atoms with Crippen LogP contribution in [-0.2, 0) is 10.2 Å². The van der Waals surface area contributed by atoms with Crippen molar-refractivity contribution in [2.75, 3.05) is 18.4 Å². The Morgan fingerprint density at radius 1 is 1.25 bits per heavy atom. The summed E-state index contributed by atoms with van der Waals surface area (Å²) in [5.41, 5.74) is -0.262. The maximum Gasteiger partial charge on any atom is 0.279 e. The van der Waals surface area contributed by atoms with Crippen molar-refractivity contribution in [1.82, 2.24) is 9.03 Å². The minimum atomic E-state index is -3.32. The van der Waals surface area contributed by atoms with Gasteiger partial charge in [-0.05, 0) is 12.8 Å². The van der Waals surface area contributed by atoms with Gasteiger partial charge in [0.1, 0.15) is 0 Å². The summed E-state index contributed by atoms with van der Waals surface area (Å²) in [6, 6.07) is 0. The van der Waals surface area contributed by atoms with E-state index in [2.05, 4.69) is 20.7 Å². The summed E-state index contributed by atoms with van der Waals surface area (Å²) in [5, 5.41) is 0.695. The van der Waals surface area contributed by atoms with Crippen LogP contribution in [0.4, 0.5) is 0 Å². The lowest BCUT2D eigenvalue weighted by molar-refractivity contribution is 0.387. The van der Waals surface area contributed by atoms with Crippen LogP contribution in [0.25, 0.3) is 0 Å². The van der Waals surface area contributed by atoms with E-state index in [0.29, 0.717) is 18.4 Å². The van der Waals surface area contributed by atoms with Crippen molar-refractivity contribution in [3.05, 3.63) is 0 Å². The van der Waals surface area contributed by atoms with E-state index in [1.165, 1.54) is 4.31 Å². The van der Waals surface area contributed by atoms with Gasteiger partial charge < -0.3 is 0 Å². The topological polar surface area (TPSA) is 49.4 Å². The van der Waals surface area contributed by atoms with E-state index in [-0.39, 0.29) is 5.54 Å². The summed E-state index contributed by atoms with van der Waals surface area (Å²) in [6.45, 7) is 4.75. The Labute approximate surface area is 107 Å². The average molecular weight is 313 g/mol. The first-order valence-corrected chi connectivity index (χ1v) is 8.41. The van der Waals surface area contributed by atoms with Gasteiger partial charge in [0, 0.05) is 24.0 Å². The van der Waals surface area contributed by atoms with Gasteiger partial charge in [0.25, 0.3) is 10.2 Å². The van der Waals surface area contributed by atoms with Gasteiger partial charge in [0.15, 0.2) is 0 Å². The predicted molar refractivity (Wildman–Crippen MR) is 70.0 cm³/mol. The van der Waals surface area contributed by atoms with Crippen molar-refractivity contribution in [2.24, 2.45) is 0 Å². The van der Waals surface area contributed by atoms with Crippen molar-refractivity contribution >= 4 is 26.1 Å². The molecule has 6 heteroatoms. The maximum absolute atomic E-state index is 12.1. The Morgan fingerprint density at radius 2 is 1.75 bits per heavy atom. The second-order valence-electron chi connectivity index (χ2n) is 4.31.